The summed E-state index contributed by atoms with van der Waals surface area (Å²) in [7, 11) is 0. The standard InChI is InChI=1S/C27H26F5N5O2/c1-13(2)37-21-10-15(9-19(29)23(21)39-24(25(31)32)26(37)38)22-20(30)12-34-27(36-22)35-16-3-4-17(18(28)11-16)14-5-7-33-8-6-14/h3-4,9-14,24-25,33H,5-8H2,1-2H3,(H,34,35,36). The van der Waals surface area contributed by atoms with Crippen LogP contribution in [0.5, 0.6) is 5.75 Å². The Morgan fingerprint density at radius 3 is 2.46 bits per heavy atom. The molecule has 1 fully saturated rings. The number of carbonyl (C=O) groups excluding carboxylic acids is 1. The summed E-state index contributed by atoms with van der Waals surface area (Å²) in [4.78, 5) is 21.7. The van der Waals surface area contributed by atoms with Crippen LogP contribution < -0.4 is 20.3 Å². The lowest BCUT2D eigenvalue weighted by atomic mass is 9.90. The van der Waals surface area contributed by atoms with Gasteiger partial charge in [-0.2, -0.15) is 0 Å². The molecule has 3 heterocycles. The number of alkyl halides is 2. The molecular weight excluding hydrogens is 521 g/mol. The van der Waals surface area contributed by atoms with Crippen LogP contribution in [0.1, 0.15) is 38.2 Å². The summed E-state index contributed by atoms with van der Waals surface area (Å²) in [6, 6.07) is 6.20. The smallest absolute Gasteiger partial charge is 0.283 e. The van der Waals surface area contributed by atoms with Crippen molar-refractivity contribution in [2.45, 2.75) is 51.2 Å². The number of amides is 1. The zero-order valence-corrected chi connectivity index (χ0v) is 21.1. The highest BCUT2D eigenvalue weighted by atomic mass is 19.3. The molecule has 2 aliphatic rings. The fourth-order valence-corrected chi connectivity index (χ4v) is 4.96. The van der Waals surface area contributed by atoms with Crippen LogP contribution in [0.4, 0.5) is 39.3 Å². The van der Waals surface area contributed by atoms with Gasteiger partial charge in [-0.05, 0) is 75.5 Å². The first kappa shape index (κ1) is 26.8. The summed E-state index contributed by atoms with van der Waals surface area (Å²) in [5.41, 5.74) is 0.451. The van der Waals surface area contributed by atoms with Crippen molar-refractivity contribution in [2.75, 3.05) is 23.3 Å². The highest BCUT2D eigenvalue weighted by molar-refractivity contribution is 6.01. The molecule has 1 amide bonds. The van der Waals surface area contributed by atoms with Crippen LogP contribution in [0.2, 0.25) is 0 Å². The van der Waals surface area contributed by atoms with Crippen molar-refractivity contribution < 1.29 is 31.5 Å². The monoisotopic (exact) mass is 547 g/mol. The quantitative estimate of drug-likeness (QED) is 0.395. The first-order valence-electron chi connectivity index (χ1n) is 12.6. The van der Waals surface area contributed by atoms with E-state index < -0.39 is 41.9 Å². The van der Waals surface area contributed by atoms with Gasteiger partial charge in [-0.3, -0.25) is 4.79 Å². The Hall–Kier alpha value is -3.80. The molecule has 1 atom stereocenters. The number of hydrogen-bond donors (Lipinski definition) is 2. The minimum Gasteiger partial charge on any atom is -0.469 e. The van der Waals surface area contributed by atoms with Crippen LogP contribution in [0.25, 0.3) is 11.3 Å². The molecule has 1 saturated heterocycles. The molecule has 1 unspecified atom stereocenters. The molecule has 5 rings (SSSR count). The zero-order chi connectivity index (χ0) is 27.8. The van der Waals surface area contributed by atoms with Crippen molar-refractivity contribution in [3.63, 3.8) is 0 Å². The van der Waals surface area contributed by atoms with Gasteiger partial charge in [0.25, 0.3) is 12.3 Å². The Kier molecular flexibility index (Phi) is 7.39. The Labute approximate surface area is 221 Å². The van der Waals surface area contributed by atoms with Gasteiger partial charge < -0.3 is 20.3 Å². The van der Waals surface area contributed by atoms with E-state index in [-0.39, 0.29) is 34.6 Å². The summed E-state index contributed by atoms with van der Waals surface area (Å²) < 4.78 is 76.6. The number of fused-ring (bicyclic) bond motifs is 1. The van der Waals surface area contributed by atoms with E-state index in [1.807, 2.05) is 0 Å². The molecular formula is C27H26F5N5O2. The highest BCUT2D eigenvalue weighted by Crippen LogP contribution is 2.42. The van der Waals surface area contributed by atoms with Crippen molar-refractivity contribution in [3.8, 4) is 17.0 Å². The average molecular weight is 548 g/mol. The van der Waals surface area contributed by atoms with E-state index in [1.54, 1.807) is 26.0 Å². The number of hydrogen-bond acceptors (Lipinski definition) is 6. The Morgan fingerprint density at radius 1 is 1.05 bits per heavy atom. The molecule has 2 aliphatic heterocycles. The van der Waals surface area contributed by atoms with Gasteiger partial charge in [0.2, 0.25) is 12.1 Å². The van der Waals surface area contributed by atoms with Crippen molar-refractivity contribution in [1.29, 1.82) is 0 Å². The third-order valence-electron chi connectivity index (χ3n) is 6.81. The fraction of sp³-hybridized carbons (Fsp3) is 0.370. The summed E-state index contributed by atoms with van der Waals surface area (Å²) in [5, 5.41) is 6.08. The normalized spacial score (nSPS) is 17.9. The zero-order valence-electron chi connectivity index (χ0n) is 21.1. The Bertz CT molecular complexity index is 1400. The number of rotatable bonds is 6. The van der Waals surface area contributed by atoms with Crippen LogP contribution in [0, 0.1) is 17.5 Å². The number of piperidine rings is 1. The van der Waals surface area contributed by atoms with Crippen LogP contribution >= 0.6 is 0 Å². The number of nitrogens with zero attached hydrogens (tertiary/aromatic N) is 3. The molecule has 206 valence electrons. The Balaban J connectivity index is 1.46. The summed E-state index contributed by atoms with van der Waals surface area (Å²) in [5.74, 6) is -3.87. The van der Waals surface area contributed by atoms with Gasteiger partial charge in [-0.15, -0.1) is 0 Å². The summed E-state index contributed by atoms with van der Waals surface area (Å²) in [6.07, 6.45) is -2.79. The van der Waals surface area contributed by atoms with Gasteiger partial charge in [-0.25, -0.2) is 31.9 Å². The molecule has 0 spiro atoms. The fourth-order valence-electron chi connectivity index (χ4n) is 4.96. The third-order valence-corrected chi connectivity index (χ3v) is 6.81. The van der Waals surface area contributed by atoms with Gasteiger partial charge in [-0.1, -0.05) is 6.07 Å². The largest absolute Gasteiger partial charge is 0.469 e. The maximum Gasteiger partial charge on any atom is 0.283 e. The molecule has 12 heteroatoms. The van der Waals surface area contributed by atoms with E-state index in [2.05, 4.69) is 20.6 Å². The minimum atomic E-state index is -3.17. The highest BCUT2D eigenvalue weighted by Gasteiger charge is 2.43. The lowest BCUT2D eigenvalue weighted by molar-refractivity contribution is -0.134. The molecule has 39 heavy (non-hydrogen) atoms. The number of anilines is 3. The van der Waals surface area contributed by atoms with Gasteiger partial charge >= 0.3 is 0 Å². The maximum atomic E-state index is 15.1. The van der Waals surface area contributed by atoms with E-state index in [4.69, 9.17) is 4.74 Å². The average Bonchev–Trinajstić information content (AvgIpc) is 2.89. The summed E-state index contributed by atoms with van der Waals surface area (Å²) in [6.45, 7) is 4.79. The van der Waals surface area contributed by atoms with E-state index in [0.29, 0.717) is 11.3 Å². The van der Waals surface area contributed by atoms with Crippen molar-refractivity contribution in [3.05, 3.63) is 59.5 Å². The van der Waals surface area contributed by atoms with Gasteiger partial charge in [0, 0.05) is 17.3 Å². The molecule has 0 saturated carbocycles. The van der Waals surface area contributed by atoms with Crippen LogP contribution in [-0.4, -0.2) is 47.5 Å². The van der Waals surface area contributed by atoms with Gasteiger partial charge in [0.1, 0.15) is 11.5 Å². The number of halogens is 5. The Morgan fingerprint density at radius 2 is 1.79 bits per heavy atom. The van der Waals surface area contributed by atoms with Crippen molar-refractivity contribution >= 4 is 23.2 Å². The topological polar surface area (TPSA) is 79.4 Å². The number of nitrogens with one attached hydrogen (secondary N) is 2. The van der Waals surface area contributed by atoms with Gasteiger partial charge in [0.15, 0.2) is 17.4 Å². The predicted octanol–water partition coefficient (Wildman–Crippen LogP) is 5.54. The molecule has 0 bridgehead atoms. The summed E-state index contributed by atoms with van der Waals surface area (Å²) >= 11 is 0. The predicted molar refractivity (Wildman–Crippen MR) is 135 cm³/mol. The van der Waals surface area contributed by atoms with Crippen LogP contribution in [0.3, 0.4) is 0 Å². The molecule has 3 aromatic rings. The second-order valence-electron chi connectivity index (χ2n) is 9.76. The first-order valence-corrected chi connectivity index (χ1v) is 12.6. The molecule has 2 N–H and O–H groups in total. The lowest BCUT2D eigenvalue weighted by Crippen LogP contribution is -2.52. The van der Waals surface area contributed by atoms with E-state index in [9.17, 15) is 22.4 Å². The lowest BCUT2D eigenvalue weighted by Gasteiger charge is -2.36. The number of benzene rings is 2. The maximum absolute atomic E-state index is 15.1. The molecule has 2 aromatic carbocycles. The second-order valence-corrected chi connectivity index (χ2v) is 9.76. The van der Waals surface area contributed by atoms with E-state index in [0.717, 1.165) is 43.1 Å². The SMILES string of the molecule is CC(C)N1C(=O)C(C(F)F)Oc2c(F)cc(-c3nc(Nc4ccc(C5CCNCC5)c(F)c4)ncc3F)cc21. The molecule has 7 nitrogen and oxygen atoms in total. The van der Waals surface area contributed by atoms with E-state index >= 15 is 4.39 Å². The van der Waals surface area contributed by atoms with Gasteiger partial charge in [0.05, 0.1) is 11.9 Å². The van der Waals surface area contributed by atoms with E-state index in [1.165, 1.54) is 12.1 Å². The number of carbonyl (C=O) groups is 1. The number of ether oxygens (including phenoxy) is 1. The van der Waals surface area contributed by atoms with Crippen molar-refractivity contribution in [2.24, 2.45) is 0 Å². The van der Waals surface area contributed by atoms with Crippen molar-refractivity contribution in [1.82, 2.24) is 15.3 Å². The molecule has 1 aromatic heterocycles. The minimum absolute atomic E-state index is 0.0702. The molecule has 0 radical (unpaired) electrons. The first-order chi connectivity index (χ1) is 18.6. The number of aromatic nitrogens is 2. The molecule has 0 aliphatic carbocycles. The second kappa shape index (κ2) is 10.8. The van der Waals surface area contributed by atoms with Crippen LogP contribution in [0.15, 0.2) is 36.5 Å². The van der Waals surface area contributed by atoms with Crippen LogP contribution in [-0.2, 0) is 4.79 Å². The third kappa shape index (κ3) is 5.25.